The predicted molar refractivity (Wildman–Crippen MR) is 69.8 cm³/mol. The third kappa shape index (κ3) is 2.41. The van der Waals surface area contributed by atoms with Gasteiger partial charge in [0.1, 0.15) is 5.75 Å². The van der Waals surface area contributed by atoms with Gasteiger partial charge in [0.2, 0.25) is 0 Å². The van der Waals surface area contributed by atoms with E-state index >= 15 is 0 Å². The van der Waals surface area contributed by atoms with Crippen LogP contribution in [0.2, 0.25) is 0 Å². The summed E-state index contributed by atoms with van der Waals surface area (Å²) < 4.78 is 10.8. The molecule has 1 atom stereocenters. The van der Waals surface area contributed by atoms with E-state index < -0.39 is 6.10 Å². The van der Waals surface area contributed by atoms with Gasteiger partial charge >= 0.3 is 0 Å². The standard InChI is InChI=1S/C13H18N2O3/c1-3-17-7-6-15-11-5-4-10(14)8-12(11)18-9(2)13(15)16/h4-5,8-9H,3,6-7,14H2,1-2H3. The van der Waals surface area contributed by atoms with Crippen molar-refractivity contribution in [1.29, 1.82) is 0 Å². The average molecular weight is 250 g/mol. The first kappa shape index (κ1) is 12.7. The molecule has 5 nitrogen and oxygen atoms in total. The largest absolute Gasteiger partial charge is 0.479 e. The Bertz CT molecular complexity index is 448. The second-order valence-corrected chi connectivity index (χ2v) is 4.17. The molecule has 0 aromatic heterocycles. The van der Waals surface area contributed by atoms with Crippen molar-refractivity contribution in [2.24, 2.45) is 0 Å². The van der Waals surface area contributed by atoms with Crippen LogP contribution in [-0.4, -0.2) is 31.8 Å². The smallest absolute Gasteiger partial charge is 0.267 e. The highest BCUT2D eigenvalue weighted by Crippen LogP contribution is 2.35. The van der Waals surface area contributed by atoms with Crippen LogP contribution in [0.1, 0.15) is 13.8 Å². The summed E-state index contributed by atoms with van der Waals surface area (Å²) in [6, 6.07) is 5.31. The fraction of sp³-hybridized carbons (Fsp3) is 0.462. The first-order valence-corrected chi connectivity index (χ1v) is 6.08. The lowest BCUT2D eigenvalue weighted by molar-refractivity contribution is -0.125. The molecule has 0 saturated heterocycles. The SMILES string of the molecule is CCOCCN1C(=O)C(C)Oc2cc(N)ccc21. The zero-order valence-electron chi connectivity index (χ0n) is 10.7. The molecule has 1 heterocycles. The van der Waals surface area contributed by atoms with Crippen LogP contribution in [0.15, 0.2) is 18.2 Å². The van der Waals surface area contributed by atoms with Gasteiger partial charge in [0, 0.05) is 24.9 Å². The van der Waals surface area contributed by atoms with Gasteiger partial charge in [0.15, 0.2) is 6.10 Å². The molecule has 1 aliphatic heterocycles. The second-order valence-electron chi connectivity index (χ2n) is 4.17. The molecule has 2 N–H and O–H groups in total. The van der Waals surface area contributed by atoms with E-state index in [1.165, 1.54) is 0 Å². The number of anilines is 2. The van der Waals surface area contributed by atoms with Crippen LogP contribution in [0.4, 0.5) is 11.4 Å². The first-order chi connectivity index (χ1) is 8.63. The summed E-state index contributed by atoms with van der Waals surface area (Å²) in [6.07, 6.45) is -0.485. The molecule has 0 fully saturated rings. The van der Waals surface area contributed by atoms with E-state index in [2.05, 4.69) is 0 Å². The molecule has 0 bridgehead atoms. The molecule has 0 aliphatic carbocycles. The number of ether oxygens (including phenoxy) is 2. The lowest BCUT2D eigenvalue weighted by Crippen LogP contribution is -2.45. The molecule has 0 radical (unpaired) electrons. The Balaban J connectivity index is 2.24. The lowest BCUT2D eigenvalue weighted by Gasteiger charge is -2.33. The number of nitrogen functional groups attached to an aromatic ring is 1. The number of benzene rings is 1. The second kappa shape index (κ2) is 5.27. The minimum absolute atomic E-state index is 0.0491. The van der Waals surface area contributed by atoms with Crippen LogP contribution in [0.3, 0.4) is 0 Å². The van der Waals surface area contributed by atoms with Gasteiger partial charge < -0.3 is 20.1 Å². The van der Waals surface area contributed by atoms with Gasteiger partial charge in [-0.1, -0.05) is 0 Å². The number of carbonyl (C=O) groups excluding carboxylic acids is 1. The average Bonchev–Trinajstić information content (AvgIpc) is 2.34. The minimum Gasteiger partial charge on any atom is -0.479 e. The van der Waals surface area contributed by atoms with E-state index in [1.807, 2.05) is 6.92 Å². The molecule has 1 unspecified atom stereocenters. The van der Waals surface area contributed by atoms with Gasteiger partial charge in [-0.05, 0) is 26.0 Å². The monoisotopic (exact) mass is 250 g/mol. The predicted octanol–water partition coefficient (Wildman–Crippen LogP) is 1.42. The number of nitrogens with two attached hydrogens (primary N) is 1. The van der Waals surface area contributed by atoms with Crippen LogP contribution < -0.4 is 15.4 Å². The molecule has 18 heavy (non-hydrogen) atoms. The van der Waals surface area contributed by atoms with E-state index in [0.29, 0.717) is 31.2 Å². The van der Waals surface area contributed by atoms with Gasteiger partial charge in [0.05, 0.1) is 12.3 Å². The molecule has 5 heteroatoms. The highest BCUT2D eigenvalue weighted by atomic mass is 16.5. The summed E-state index contributed by atoms with van der Waals surface area (Å²) in [4.78, 5) is 13.8. The molecule has 98 valence electrons. The minimum atomic E-state index is -0.485. The summed E-state index contributed by atoms with van der Waals surface area (Å²) in [5.74, 6) is 0.602. The van der Waals surface area contributed by atoms with Crippen molar-refractivity contribution in [3.63, 3.8) is 0 Å². The van der Waals surface area contributed by atoms with Crippen molar-refractivity contribution in [1.82, 2.24) is 0 Å². The fourth-order valence-corrected chi connectivity index (χ4v) is 1.96. The van der Waals surface area contributed by atoms with Crippen LogP contribution in [0, 0.1) is 0 Å². The van der Waals surface area contributed by atoms with Crippen molar-refractivity contribution >= 4 is 17.3 Å². The maximum Gasteiger partial charge on any atom is 0.267 e. The maximum atomic E-state index is 12.1. The van der Waals surface area contributed by atoms with E-state index in [-0.39, 0.29) is 5.91 Å². The molecule has 0 saturated carbocycles. The molecule has 1 amide bonds. The number of carbonyl (C=O) groups is 1. The molecule has 1 aromatic rings. The Morgan fingerprint density at radius 3 is 3.00 bits per heavy atom. The highest BCUT2D eigenvalue weighted by Gasteiger charge is 2.31. The third-order valence-electron chi connectivity index (χ3n) is 2.86. The van der Waals surface area contributed by atoms with Crippen molar-refractivity contribution in [3.05, 3.63) is 18.2 Å². The van der Waals surface area contributed by atoms with E-state index in [0.717, 1.165) is 5.69 Å². The number of rotatable bonds is 4. The lowest BCUT2D eigenvalue weighted by atomic mass is 10.1. The van der Waals surface area contributed by atoms with Crippen molar-refractivity contribution in [2.45, 2.75) is 20.0 Å². The topological polar surface area (TPSA) is 64.8 Å². The Kier molecular flexibility index (Phi) is 3.72. The van der Waals surface area contributed by atoms with Crippen LogP contribution in [0.5, 0.6) is 5.75 Å². The van der Waals surface area contributed by atoms with Gasteiger partial charge in [-0.25, -0.2) is 0 Å². The van der Waals surface area contributed by atoms with Crippen LogP contribution >= 0.6 is 0 Å². The third-order valence-corrected chi connectivity index (χ3v) is 2.86. The van der Waals surface area contributed by atoms with Gasteiger partial charge in [0.25, 0.3) is 5.91 Å². The van der Waals surface area contributed by atoms with Crippen molar-refractivity contribution < 1.29 is 14.3 Å². The quantitative estimate of drug-likeness (QED) is 0.648. The Morgan fingerprint density at radius 2 is 2.28 bits per heavy atom. The van der Waals surface area contributed by atoms with Crippen molar-refractivity contribution in [2.75, 3.05) is 30.4 Å². The summed E-state index contributed by atoms with van der Waals surface area (Å²) >= 11 is 0. The van der Waals surface area contributed by atoms with Crippen molar-refractivity contribution in [3.8, 4) is 5.75 Å². The van der Waals surface area contributed by atoms with E-state index in [9.17, 15) is 4.79 Å². The summed E-state index contributed by atoms with van der Waals surface area (Å²) in [5, 5.41) is 0. The molecule has 1 aliphatic rings. The fourth-order valence-electron chi connectivity index (χ4n) is 1.96. The van der Waals surface area contributed by atoms with Crippen LogP contribution in [-0.2, 0) is 9.53 Å². The zero-order valence-corrected chi connectivity index (χ0v) is 10.7. The first-order valence-electron chi connectivity index (χ1n) is 6.08. The van der Waals surface area contributed by atoms with Crippen LogP contribution in [0.25, 0.3) is 0 Å². The molecular formula is C13H18N2O3. The Labute approximate surface area is 106 Å². The Morgan fingerprint density at radius 1 is 1.50 bits per heavy atom. The Hall–Kier alpha value is -1.75. The summed E-state index contributed by atoms with van der Waals surface area (Å²) in [5.41, 5.74) is 7.10. The maximum absolute atomic E-state index is 12.1. The molecule has 1 aromatic carbocycles. The number of nitrogens with zero attached hydrogens (tertiary/aromatic N) is 1. The van der Waals surface area contributed by atoms with Gasteiger partial charge in [-0.3, -0.25) is 4.79 Å². The number of amides is 1. The number of fused-ring (bicyclic) bond motifs is 1. The normalized spacial score (nSPS) is 18.4. The molecule has 2 rings (SSSR count). The summed E-state index contributed by atoms with van der Waals surface area (Å²) in [6.45, 7) is 5.35. The zero-order chi connectivity index (χ0) is 13.1. The van der Waals surface area contributed by atoms with Gasteiger partial charge in [-0.2, -0.15) is 0 Å². The number of hydrogen-bond acceptors (Lipinski definition) is 4. The van der Waals surface area contributed by atoms with Gasteiger partial charge in [-0.15, -0.1) is 0 Å². The highest BCUT2D eigenvalue weighted by molar-refractivity contribution is 6.00. The number of hydrogen-bond donors (Lipinski definition) is 1. The van der Waals surface area contributed by atoms with E-state index in [1.54, 1.807) is 30.0 Å². The molecular weight excluding hydrogens is 232 g/mol. The summed E-state index contributed by atoms with van der Waals surface area (Å²) in [7, 11) is 0. The molecule has 0 spiro atoms. The van der Waals surface area contributed by atoms with E-state index in [4.69, 9.17) is 15.2 Å².